The summed E-state index contributed by atoms with van der Waals surface area (Å²) >= 11 is 1.34. The van der Waals surface area contributed by atoms with Gasteiger partial charge in [0, 0.05) is 11.9 Å². The fourth-order valence-electron chi connectivity index (χ4n) is 3.20. The van der Waals surface area contributed by atoms with Gasteiger partial charge in [0.2, 0.25) is 5.13 Å². The lowest BCUT2D eigenvalue weighted by molar-refractivity contribution is 0.563. The first-order chi connectivity index (χ1) is 13.8. The molecule has 3 aromatic carbocycles. The predicted octanol–water partition coefficient (Wildman–Crippen LogP) is 5.08. The average Bonchev–Trinajstić information content (AvgIpc) is 3.21. The van der Waals surface area contributed by atoms with Gasteiger partial charge in [-0.2, -0.15) is 0 Å². The molecule has 0 saturated carbocycles. The number of rotatable bonds is 4. The maximum absolute atomic E-state index is 12.5. The van der Waals surface area contributed by atoms with Gasteiger partial charge in [0.1, 0.15) is 5.58 Å². The summed E-state index contributed by atoms with van der Waals surface area (Å²) < 4.78 is 5.56. The molecule has 5 aromatic rings. The Morgan fingerprint density at radius 1 is 0.893 bits per heavy atom. The Morgan fingerprint density at radius 2 is 1.71 bits per heavy atom. The molecule has 0 saturated heterocycles. The topological polar surface area (TPSA) is 68.0 Å². The van der Waals surface area contributed by atoms with Gasteiger partial charge in [0.15, 0.2) is 5.01 Å². The van der Waals surface area contributed by atoms with Crippen LogP contribution in [0.3, 0.4) is 0 Å². The van der Waals surface area contributed by atoms with Gasteiger partial charge in [0.05, 0.1) is 5.56 Å². The predicted molar refractivity (Wildman–Crippen MR) is 113 cm³/mol. The Kier molecular flexibility index (Phi) is 4.10. The normalized spacial score (nSPS) is 11.1. The number of benzene rings is 3. The minimum absolute atomic E-state index is 0.409. The summed E-state index contributed by atoms with van der Waals surface area (Å²) in [7, 11) is 0. The summed E-state index contributed by atoms with van der Waals surface area (Å²) in [5.41, 5.74) is 1.73. The van der Waals surface area contributed by atoms with Crippen molar-refractivity contribution in [2.45, 2.75) is 6.54 Å². The molecular formula is C22H15N3O2S. The smallest absolute Gasteiger partial charge is 0.346 e. The van der Waals surface area contributed by atoms with Crippen LogP contribution < -0.4 is 10.9 Å². The van der Waals surface area contributed by atoms with Crippen molar-refractivity contribution < 1.29 is 4.42 Å². The Balaban J connectivity index is 1.52. The zero-order chi connectivity index (χ0) is 18.9. The van der Waals surface area contributed by atoms with E-state index in [0.717, 1.165) is 21.7 Å². The molecule has 1 N–H and O–H groups in total. The maximum Gasteiger partial charge on any atom is 0.346 e. The van der Waals surface area contributed by atoms with Gasteiger partial charge in [-0.05, 0) is 28.5 Å². The molecule has 0 aliphatic rings. The quantitative estimate of drug-likeness (QED) is 0.345. The molecule has 28 heavy (non-hydrogen) atoms. The van der Waals surface area contributed by atoms with Crippen molar-refractivity contribution in [3.05, 3.63) is 88.8 Å². The lowest BCUT2D eigenvalue weighted by atomic mass is 10.0. The second-order valence-electron chi connectivity index (χ2n) is 6.40. The highest BCUT2D eigenvalue weighted by atomic mass is 32.1. The van der Waals surface area contributed by atoms with Crippen LogP contribution in [0.25, 0.3) is 32.3 Å². The number of hydrogen-bond donors (Lipinski definition) is 1. The first-order valence-electron chi connectivity index (χ1n) is 8.85. The zero-order valence-corrected chi connectivity index (χ0v) is 15.6. The first kappa shape index (κ1) is 16.6. The van der Waals surface area contributed by atoms with Gasteiger partial charge < -0.3 is 9.73 Å². The van der Waals surface area contributed by atoms with Crippen molar-refractivity contribution in [3.8, 4) is 10.6 Å². The summed E-state index contributed by atoms with van der Waals surface area (Å²) in [6.45, 7) is 0.645. The molecular weight excluding hydrogens is 370 g/mol. The van der Waals surface area contributed by atoms with Crippen LogP contribution in [0.5, 0.6) is 0 Å². The number of anilines is 1. The second kappa shape index (κ2) is 6.90. The molecule has 136 valence electrons. The van der Waals surface area contributed by atoms with Gasteiger partial charge in [0.25, 0.3) is 0 Å². The highest BCUT2D eigenvalue weighted by Gasteiger charge is 2.14. The van der Waals surface area contributed by atoms with Crippen LogP contribution in [0.1, 0.15) is 5.56 Å². The number of hydrogen-bond acceptors (Lipinski definition) is 6. The van der Waals surface area contributed by atoms with Gasteiger partial charge >= 0.3 is 5.63 Å². The lowest BCUT2D eigenvalue weighted by Gasteiger charge is -2.04. The molecule has 0 fully saturated rings. The van der Waals surface area contributed by atoms with E-state index < -0.39 is 5.63 Å². The maximum atomic E-state index is 12.5. The van der Waals surface area contributed by atoms with Crippen molar-refractivity contribution in [2.24, 2.45) is 0 Å². The van der Waals surface area contributed by atoms with Crippen LogP contribution in [-0.4, -0.2) is 10.2 Å². The fourth-order valence-corrected chi connectivity index (χ4v) is 3.94. The van der Waals surface area contributed by atoms with Crippen LogP contribution in [-0.2, 0) is 6.54 Å². The van der Waals surface area contributed by atoms with Gasteiger partial charge in [-0.3, -0.25) is 0 Å². The van der Waals surface area contributed by atoms with Crippen molar-refractivity contribution >= 4 is 38.2 Å². The summed E-state index contributed by atoms with van der Waals surface area (Å²) in [5.74, 6) is 0. The summed E-state index contributed by atoms with van der Waals surface area (Å²) in [5, 5.41) is 15.8. The summed E-state index contributed by atoms with van der Waals surface area (Å²) in [6, 6.07) is 23.7. The van der Waals surface area contributed by atoms with Crippen LogP contribution in [0, 0.1) is 0 Å². The first-order valence-corrected chi connectivity index (χ1v) is 9.67. The number of fused-ring (bicyclic) bond motifs is 3. The van der Waals surface area contributed by atoms with Gasteiger partial charge in [-0.15, -0.1) is 10.2 Å². The highest BCUT2D eigenvalue weighted by molar-refractivity contribution is 7.18. The van der Waals surface area contributed by atoms with E-state index in [9.17, 15) is 4.79 Å². The molecule has 0 unspecified atom stereocenters. The van der Waals surface area contributed by atoms with Gasteiger partial charge in [-0.1, -0.05) is 72.0 Å². The standard InChI is InChI=1S/C22H15N3O2S/c26-21-18(12-17-16-9-5-4-8-15(16)10-11-19(17)27-21)20-24-25-22(28-20)23-13-14-6-2-1-3-7-14/h1-12H,13H2,(H,23,25). The van der Waals surface area contributed by atoms with Crippen molar-refractivity contribution in [1.82, 2.24) is 10.2 Å². The van der Waals surface area contributed by atoms with Crippen LogP contribution in [0.2, 0.25) is 0 Å². The monoisotopic (exact) mass is 385 g/mol. The van der Waals surface area contributed by atoms with Crippen LogP contribution >= 0.6 is 11.3 Å². The molecule has 0 aliphatic heterocycles. The molecule has 0 atom stereocenters. The number of aromatic nitrogens is 2. The van der Waals surface area contributed by atoms with E-state index in [1.165, 1.54) is 11.3 Å². The van der Waals surface area contributed by atoms with Crippen molar-refractivity contribution in [2.75, 3.05) is 5.32 Å². The van der Waals surface area contributed by atoms with Crippen LogP contribution in [0.4, 0.5) is 5.13 Å². The average molecular weight is 385 g/mol. The molecule has 5 nitrogen and oxygen atoms in total. The van der Waals surface area contributed by atoms with Crippen LogP contribution in [0.15, 0.2) is 82.0 Å². The second-order valence-corrected chi connectivity index (χ2v) is 7.38. The summed E-state index contributed by atoms with van der Waals surface area (Å²) in [6.07, 6.45) is 0. The number of nitrogens with zero attached hydrogens (tertiary/aromatic N) is 2. The molecule has 0 amide bonds. The molecule has 0 aliphatic carbocycles. The third-order valence-electron chi connectivity index (χ3n) is 4.58. The van der Waals surface area contributed by atoms with Gasteiger partial charge in [-0.25, -0.2) is 4.79 Å². The fraction of sp³-hybridized carbons (Fsp3) is 0.0455. The summed E-state index contributed by atoms with van der Waals surface area (Å²) in [4.78, 5) is 12.5. The third-order valence-corrected chi connectivity index (χ3v) is 5.50. The largest absolute Gasteiger partial charge is 0.422 e. The third kappa shape index (κ3) is 3.04. The van der Waals surface area contributed by atoms with E-state index in [1.807, 2.05) is 72.8 Å². The minimum Gasteiger partial charge on any atom is -0.422 e. The molecule has 0 spiro atoms. The lowest BCUT2D eigenvalue weighted by Crippen LogP contribution is -2.02. The molecule has 0 radical (unpaired) electrons. The van der Waals surface area contributed by atoms with Crippen molar-refractivity contribution in [3.63, 3.8) is 0 Å². The highest BCUT2D eigenvalue weighted by Crippen LogP contribution is 2.30. The Labute approximate surface area is 164 Å². The minimum atomic E-state index is -0.409. The SMILES string of the molecule is O=c1oc2ccc3ccccc3c2cc1-c1nnc(NCc2ccccc2)s1. The molecule has 0 bridgehead atoms. The van der Waals surface area contributed by atoms with Crippen molar-refractivity contribution in [1.29, 1.82) is 0 Å². The Morgan fingerprint density at radius 3 is 2.61 bits per heavy atom. The van der Waals surface area contributed by atoms with E-state index in [2.05, 4.69) is 15.5 Å². The Bertz CT molecular complexity index is 1340. The molecule has 6 heteroatoms. The Hall–Kier alpha value is -3.51. The van der Waals surface area contributed by atoms with E-state index >= 15 is 0 Å². The van der Waals surface area contributed by atoms with E-state index in [1.54, 1.807) is 0 Å². The number of nitrogens with one attached hydrogen (secondary N) is 1. The molecule has 2 heterocycles. The molecule has 5 rings (SSSR count). The van der Waals surface area contributed by atoms with E-state index in [4.69, 9.17) is 4.42 Å². The van der Waals surface area contributed by atoms with E-state index in [0.29, 0.717) is 27.8 Å². The van der Waals surface area contributed by atoms with E-state index in [-0.39, 0.29) is 0 Å². The zero-order valence-electron chi connectivity index (χ0n) is 14.8. The molecule has 2 aromatic heterocycles.